The number of fused-ring (bicyclic) bond motifs is 1. The van der Waals surface area contributed by atoms with Gasteiger partial charge in [-0.2, -0.15) is 0 Å². The number of nitrogens with one attached hydrogen (secondary N) is 2. The number of phenols is 1. The molecule has 3 nitrogen and oxygen atoms in total. The highest BCUT2D eigenvalue weighted by atomic mass is 19.1. The van der Waals surface area contributed by atoms with Gasteiger partial charge in [0.05, 0.1) is 0 Å². The maximum Gasteiger partial charge on any atom is 0.166 e. The zero-order valence-electron chi connectivity index (χ0n) is 10.2. The van der Waals surface area contributed by atoms with E-state index in [0.29, 0.717) is 12.2 Å². The van der Waals surface area contributed by atoms with E-state index in [1.54, 1.807) is 6.07 Å². The van der Waals surface area contributed by atoms with Gasteiger partial charge in [0.25, 0.3) is 0 Å². The number of hydrogen-bond acceptors (Lipinski definition) is 2. The van der Waals surface area contributed by atoms with Gasteiger partial charge in [0.2, 0.25) is 0 Å². The average molecular weight is 256 g/mol. The third-order valence-corrected chi connectivity index (χ3v) is 3.12. The number of halogens is 1. The van der Waals surface area contributed by atoms with Crippen LogP contribution in [0.25, 0.3) is 10.9 Å². The standard InChI is InChI=1S/C15H13FN2O/c16-13-8-11(4-5-15(13)19)18-9-10-2-1-3-14-12(10)6-7-17-14/h1-8,17-19H,9H2. The Morgan fingerprint density at radius 2 is 2.05 bits per heavy atom. The van der Waals surface area contributed by atoms with E-state index in [9.17, 15) is 4.39 Å². The van der Waals surface area contributed by atoms with Crippen molar-refractivity contribution in [2.75, 3.05) is 5.32 Å². The molecule has 0 saturated carbocycles. The molecule has 1 aromatic heterocycles. The van der Waals surface area contributed by atoms with E-state index in [-0.39, 0.29) is 5.75 Å². The number of rotatable bonds is 3. The Bertz CT molecular complexity index is 721. The summed E-state index contributed by atoms with van der Waals surface area (Å²) < 4.78 is 13.2. The minimum Gasteiger partial charge on any atom is -0.505 e. The number of aromatic hydroxyl groups is 1. The van der Waals surface area contributed by atoms with Crippen LogP contribution in [0.1, 0.15) is 5.56 Å². The van der Waals surface area contributed by atoms with E-state index in [2.05, 4.69) is 10.3 Å². The van der Waals surface area contributed by atoms with Gasteiger partial charge in [-0.1, -0.05) is 12.1 Å². The van der Waals surface area contributed by atoms with Gasteiger partial charge in [0.15, 0.2) is 11.6 Å². The molecule has 3 rings (SSSR count). The molecule has 1 heterocycles. The number of aromatic amines is 1. The van der Waals surface area contributed by atoms with Crippen LogP contribution in [0.4, 0.5) is 10.1 Å². The van der Waals surface area contributed by atoms with E-state index in [4.69, 9.17) is 5.11 Å². The van der Waals surface area contributed by atoms with Gasteiger partial charge < -0.3 is 15.4 Å². The number of anilines is 1. The maximum atomic E-state index is 13.2. The quantitative estimate of drug-likeness (QED) is 0.627. The zero-order chi connectivity index (χ0) is 13.2. The summed E-state index contributed by atoms with van der Waals surface area (Å²) in [5, 5.41) is 13.4. The maximum absolute atomic E-state index is 13.2. The monoisotopic (exact) mass is 256 g/mol. The summed E-state index contributed by atoms with van der Waals surface area (Å²) in [7, 11) is 0. The lowest BCUT2D eigenvalue weighted by atomic mass is 10.1. The molecule has 0 spiro atoms. The fraction of sp³-hybridized carbons (Fsp3) is 0.0667. The molecule has 0 radical (unpaired) electrons. The molecular weight excluding hydrogens is 243 g/mol. The lowest BCUT2D eigenvalue weighted by Crippen LogP contribution is -2.00. The van der Waals surface area contributed by atoms with Crippen molar-refractivity contribution in [3.63, 3.8) is 0 Å². The van der Waals surface area contributed by atoms with Gasteiger partial charge in [-0.15, -0.1) is 0 Å². The van der Waals surface area contributed by atoms with Gasteiger partial charge in [-0.3, -0.25) is 0 Å². The Kier molecular flexibility index (Phi) is 2.83. The molecule has 0 bridgehead atoms. The second-order valence-corrected chi connectivity index (χ2v) is 4.38. The molecule has 96 valence electrons. The van der Waals surface area contributed by atoms with Crippen molar-refractivity contribution in [3.05, 3.63) is 60.0 Å². The number of hydrogen-bond donors (Lipinski definition) is 3. The van der Waals surface area contributed by atoms with Crippen molar-refractivity contribution in [1.29, 1.82) is 0 Å². The summed E-state index contributed by atoms with van der Waals surface area (Å²) in [6.07, 6.45) is 1.90. The largest absolute Gasteiger partial charge is 0.505 e. The smallest absolute Gasteiger partial charge is 0.166 e. The fourth-order valence-corrected chi connectivity index (χ4v) is 2.12. The molecule has 0 atom stereocenters. The van der Waals surface area contributed by atoms with Gasteiger partial charge in [0.1, 0.15) is 0 Å². The number of H-pyrrole nitrogens is 1. The summed E-state index contributed by atoms with van der Waals surface area (Å²) >= 11 is 0. The van der Waals surface area contributed by atoms with Gasteiger partial charge in [-0.25, -0.2) is 4.39 Å². The first-order valence-corrected chi connectivity index (χ1v) is 6.01. The molecule has 2 aromatic carbocycles. The van der Waals surface area contributed by atoms with Crippen LogP contribution >= 0.6 is 0 Å². The first kappa shape index (κ1) is 11.6. The molecule has 4 heteroatoms. The van der Waals surface area contributed by atoms with E-state index in [0.717, 1.165) is 16.5 Å². The Hall–Kier alpha value is -2.49. The van der Waals surface area contributed by atoms with E-state index in [1.807, 2.05) is 30.5 Å². The topological polar surface area (TPSA) is 48.0 Å². The Morgan fingerprint density at radius 3 is 2.89 bits per heavy atom. The highest BCUT2D eigenvalue weighted by Crippen LogP contribution is 2.22. The Labute approximate surface area is 109 Å². The van der Waals surface area contributed by atoms with Crippen molar-refractivity contribution in [2.45, 2.75) is 6.54 Å². The van der Waals surface area contributed by atoms with Gasteiger partial charge in [0, 0.05) is 35.4 Å². The summed E-state index contributed by atoms with van der Waals surface area (Å²) in [5.41, 5.74) is 2.85. The Morgan fingerprint density at radius 1 is 1.16 bits per heavy atom. The molecule has 0 unspecified atom stereocenters. The third kappa shape index (κ3) is 2.25. The minimum atomic E-state index is -0.621. The fourth-order valence-electron chi connectivity index (χ4n) is 2.12. The lowest BCUT2D eigenvalue weighted by molar-refractivity contribution is 0.432. The van der Waals surface area contributed by atoms with Gasteiger partial charge in [-0.05, 0) is 29.8 Å². The van der Waals surface area contributed by atoms with E-state index in [1.165, 1.54) is 12.1 Å². The predicted octanol–water partition coefficient (Wildman–Crippen LogP) is 3.62. The Balaban J connectivity index is 1.82. The molecule has 0 fully saturated rings. The van der Waals surface area contributed by atoms with Crippen LogP contribution in [0.3, 0.4) is 0 Å². The molecule has 0 aliphatic carbocycles. The van der Waals surface area contributed by atoms with Crippen molar-refractivity contribution < 1.29 is 9.50 Å². The molecule has 3 aromatic rings. The summed E-state index contributed by atoms with van der Waals surface area (Å²) in [4.78, 5) is 3.15. The van der Waals surface area contributed by atoms with Crippen molar-refractivity contribution in [2.24, 2.45) is 0 Å². The van der Waals surface area contributed by atoms with Crippen LogP contribution in [0, 0.1) is 5.82 Å². The second-order valence-electron chi connectivity index (χ2n) is 4.38. The second kappa shape index (κ2) is 4.65. The number of phenolic OH excluding ortho intramolecular Hbond substituents is 1. The zero-order valence-corrected chi connectivity index (χ0v) is 10.2. The van der Waals surface area contributed by atoms with Crippen LogP contribution in [-0.4, -0.2) is 10.1 Å². The van der Waals surface area contributed by atoms with E-state index >= 15 is 0 Å². The van der Waals surface area contributed by atoms with Crippen molar-refractivity contribution in [3.8, 4) is 5.75 Å². The first-order chi connectivity index (χ1) is 9.24. The van der Waals surface area contributed by atoms with E-state index < -0.39 is 5.82 Å². The minimum absolute atomic E-state index is 0.335. The lowest BCUT2D eigenvalue weighted by Gasteiger charge is -2.08. The van der Waals surface area contributed by atoms with Crippen molar-refractivity contribution in [1.82, 2.24) is 4.98 Å². The third-order valence-electron chi connectivity index (χ3n) is 3.12. The van der Waals surface area contributed by atoms with Crippen LogP contribution in [0.15, 0.2) is 48.7 Å². The van der Waals surface area contributed by atoms with Crippen molar-refractivity contribution >= 4 is 16.6 Å². The summed E-state index contributed by atoms with van der Waals surface area (Å²) in [6, 6.07) is 12.3. The van der Waals surface area contributed by atoms with Crippen LogP contribution in [-0.2, 0) is 6.54 Å². The summed E-state index contributed by atoms with van der Waals surface area (Å²) in [6.45, 7) is 0.597. The highest BCUT2D eigenvalue weighted by molar-refractivity contribution is 5.83. The molecule has 0 saturated heterocycles. The average Bonchev–Trinajstić information content (AvgIpc) is 2.89. The molecular formula is C15H13FN2O. The molecule has 19 heavy (non-hydrogen) atoms. The normalized spacial score (nSPS) is 10.8. The van der Waals surface area contributed by atoms with Crippen LogP contribution in [0.5, 0.6) is 5.75 Å². The molecule has 0 aliphatic heterocycles. The van der Waals surface area contributed by atoms with Crippen LogP contribution in [0.2, 0.25) is 0 Å². The number of aromatic nitrogens is 1. The summed E-state index contributed by atoms with van der Waals surface area (Å²) in [5.74, 6) is -0.955. The van der Waals surface area contributed by atoms with Crippen LogP contribution < -0.4 is 5.32 Å². The first-order valence-electron chi connectivity index (χ1n) is 6.01. The SMILES string of the molecule is Oc1ccc(NCc2cccc3[nH]ccc23)cc1F. The molecule has 0 aliphatic rings. The molecule has 0 amide bonds. The molecule has 3 N–H and O–H groups in total. The predicted molar refractivity (Wildman–Crippen MR) is 73.7 cm³/mol. The number of benzene rings is 2. The highest BCUT2D eigenvalue weighted by Gasteiger charge is 2.03. The van der Waals surface area contributed by atoms with Gasteiger partial charge >= 0.3 is 0 Å².